The van der Waals surface area contributed by atoms with Crippen LogP contribution in [-0.2, 0) is 20.1 Å². The largest absolute Gasteiger partial charge is 0.486 e. The number of aromatic nitrogens is 3. The van der Waals surface area contributed by atoms with Crippen LogP contribution in [0, 0.1) is 0 Å². The lowest BCUT2D eigenvalue weighted by atomic mass is 10.1. The number of rotatable bonds is 7. The topological polar surface area (TPSA) is 61.2 Å². The van der Waals surface area contributed by atoms with E-state index in [4.69, 9.17) is 14.5 Å². The van der Waals surface area contributed by atoms with Gasteiger partial charge in [0.05, 0.1) is 17.2 Å². The van der Waals surface area contributed by atoms with Crippen molar-refractivity contribution in [3.63, 3.8) is 0 Å². The molecular formula is C24H24N4O2S. The summed E-state index contributed by atoms with van der Waals surface area (Å²) in [4.78, 5) is 8.81. The van der Waals surface area contributed by atoms with Gasteiger partial charge in [-0.15, -0.1) is 11.8 Å². The van der Waals surface area contributed by atoms with Gasteiger partial charge in [-0.05, 0) is 48.4 Å². The molecule has 7 heteroatoms. The van der Waals surface area contributed by atoms with Crippen molar-refractivity contribution >= 4 is 22.8 Å². The van der Waals surface area contributed by atoms with E-state index in [1.807, 2.05) is 65.8 Å². The van der Waals surface area contributed by atoms with Crippen LogP contribution in [0.2, 0.25) is 0 Å². The van der Waals surface area contributed by atoms with E-state index in [0.29, 0.717) is 17.6 Å². The van der Waals surface area contributed by atoms with Crippen molar-refractivity contribution in [1.29, 1.82) is 0 Å². The standard InChI is InChI=1S/C24H24N4O2S/c1-28-23-12-19(30-20-3-2-10-25-13-20)8-9-22(23)27-24(28)15-29-18-6-4-17(5-7-18)11-21-14-26-16-31-21/h2-10,12-13,21,26H,11,14-16H2,1H3. The summed E-state index contributed by atoms with van der Waals surface area (Å²) in [6.45, 7) is 1.50. The first kappa shape index (κ1) is 19.9. The van der Waals surface area contributed by atoms with Crippen LogP contribution < -0.4 is 14.8 Å². The molecule has 1 N–H and O–H groups in total. The fraction of sp³-hybridized carbons (Fsp3) is 0.250. The van der Waals surface area contributed by atoms with Crippen LogP contribution in [0.4, 0.5) is 0 Å². The Morgan fingerprint density at radius 3 is 2.74 bits per heavy atom. The summed E-state index contributed by atoms with van der Waals surface area (Å²) in [5.74, 6) is 4.24. The smallest absolute Gasteiger partial charge is 0.147 e. The number of fused-ring (bicyclic) bond motifs is 1. The third-order valence-electron chi connectivity index (χ3n) is 5.36. The van der Waals surface area contributed by atoms with Crippen LogP contribution in [0.3, 0.4) is 0 Å². The van der Waals surface area contributed by atoms with Crippen molar-refractivity contribution < 1.29 is 9.47 Å². The second-order valence-corrected chi connectivity index (χ2v) is 8.84. The average Bonchev–Trinajstić information content (AvgIpc) is 3.42. The first-order valence-corrected chi connectivity index (χ1v) is 11.4. The molecule has 0 amide bonds. The normalized spacial score (nSPS) is 16.0. The highest BCUT2D eigenvalue weighted by atomic mass is 32.2. The molecular weight excluding hydrogens is 408 g/mol. The molecule has 1 atom stereocenters. The zero-order valence-corrected chi connectivity index (χ0v) is 18.1. The van der Waals surface area contributed by atoms with E-state index in [9.17, 15) is 0 Å². The van der Waals surface area contributed by atoms with E-state index in [1.54, 1.807) is 12.4 Å². The molecule has 1 unspecified atom stereocenters. The van der Waals surface area contributed by atoms with E-state index in [1.165, 1.54) is 5.56 Å². The van der Waals surface area contributed by atoms with Crippen molar-refractivity contribution in [2.75, 3.05) is 12.4 Å². The number of benzene rings is 2. The van der Waals surface area contributed by atoms with Crippen molar-refractivity contribution in [1.82, 2.24) is 19.9 Å². The second-order valence-electron chi connectivity index (χ2n) is 7.55. The van der Waals surface area contributed by atoms with Crippen LogP contribution in [0.1, 0.15) is 11.4 Å². The Morgan fingerprint density at radius 1 is 1.10 bits per heavy atom. The van der Waals surface area contributed by atoms with Gasteiger partial charge in [-0.3, -0.25) is 4.98 Å². The Bertz CT molecular complexity index is 1160. The molecule has 6 nitrogen and oxygen atoms in total. The fourth-order valence-electron chi connectivity index (χ4n) is 3.67. The van der Waals surface area contributed by atoms with Gasteiger partial charge >= 0.3 is 0 Å². The Morgan fingerprint density at radius 2 is 1.97 bits per heavy atom. The number of imidazole rings is 1. The average molecular weight is 433 g/mol. The summed E-state index contributed by atoms with van der Waals surface area (Å²) in [6.07, 6.45) is 4.51. The van der Waals surface area contributed by atoms with Crippen LogP contribution in [0.15, 0.2) is 67.0 Å². The van der Waals surface area contributed by atoms with Gasteiger partial charge in [0.25, 0.3) is 0 Å². The molecule has 2 aromatic carbocycles. The summed E-state index contributed by atoms with van der Waals surface area (Å²) < 4.78 is 14.0. The first-order chi connectivity index (χ1) is 15.2. The number of nitrogens with zero attached hydrogens (tertiary/aromatic N) is 3. The Labute approximate surface area is 185 Å². The molecule has 1 saturated heterocycles. The maximum absolute atomic E-state index is 6.01. The van der Waals surface area contributed by atoms with Crippen LogP contribution >= 0.6 is 11.8 Å². The predicted molar refractivity (Wildman–Crippen MR) is 124 cm³/mol. The minimum atomic E-state index is 0.408. The summed E-state index contributed by atoms with van der Waals surface area (Å²) in [7, 11) is 2.00. The summed E-state index contributed by atoms with van der Waals surface area (Å²) in [5, 5.41) is 4.06. The van der Waals surface area contributed by atoms with E-state index in [2.05, 4.69) is 22.4 Å². The summed E-state index contributed by atoms with van der Waals surface area (Å²) >= 11 is 1.99. The molecule has 3 heterocycles. The van der Waals surface area contributed by atoms with Gasteiger partial charge < -0.3 is 19.4 Å². The second kappa shape index (κ2) is 8.99. The number of thioether (sulfide) groups is 1. The Balaban J connectivity index is 1.25. The highest BCUT2D eigenvalue weighted by molar-refractivity contribution is 8.00. The van der Waals surface area contributed by atoms with E-state index < -0.39 is 0 Å². The van der Waals surface area contributed by atoms with Gasteiger partial charge in [-0.25, -0.2) is 4.98 Å². The molecule has 158 valence electrons. The van der Waals surface area contributed by atoms with Gasteiger partial charge in [0.1, 0.15) is 29.7 Å². The molecule has 0 saturated carbocycles. The fourth-order valence-corrected chi connectivity index (χ4v) is 4.69. The Kier molecular flexibility index (Phi) is 5.78. The lowest BCUT2D eigenvalue weighted by molar-refractivity contribution is 0.292. The lowest BCUT2D eigenvalue weighted by Crippen LogP contribution is -2.14. The van der Waals surface area contributed by atoms with Gasteiger partial charge in [-0.1, -0.05) is 12.1 Å². The maximum Gasteiger partial charge on any atom is 0.147 e. The molecule has 1 fully saturated rings. The molecule has 31 heavy (non-hydrogen) atoms. The van der Waals surface area contributed by atoms with Crippen LogP contribution in [-0.4, -0.2) is 32.2 Å². The minimum Gasteiger partial charge on any atom is -0.486 e. The zero-order valence-electron chi connectivity index (χ0n) is 17.3. The highest BCUT2D eigenvalue weighted by Gasteiger charge is 2.15. The lowest BCUT2D eigenvalue weighted by Gasteiger charge is -2.10. The van der Waals surface area contributed by atoms with Crippen LogP contribution in [0.5, 0.6) is 17.2 Å². The maximum atomic E-state index is 6.01. The summed E-state index contributed by atoms with van der Waals surface area (Å²) in [6, 6.07) is 18.0. The number of hydrogen-bond acceptors (Lipinski definition) is 6. The number of ether oxygens (including phenoxy) is 2. The van der Waals surface area contributed by atoms with Crippen LogP contribution in [0.25, 0.3) is 11.0 Å². The van der Waals surface area contributed by atoms with Crippen molar-refractivity contribution in [2.24, 2.45) is 7.05 Å². The number of hydrogen-bond donors (Lipinski definition) is 1. The number of nitrogens with one attached hydrogen (secondary N) is 1. The molecule has 5 rings (SSSR count). The van der Waals surface area contributed by atoms with Gasteiger partial charge in [0.2, 0.25) is 0 Å². The van der Waals surface area contributed by atoms with Crippen molar-refractivity contribution in [3.8, 4) is 17.2 Å². The van der Waals surface area contributed by atoms with Crippen molar-refractivity contribution in [2.45, 2.75) is 18.3 Å². The molecule has 0 spiro atoms. The number of aryl methyl sites for hydroxylation is 1. The SMILES string of the molecule is Cn1c(COc2ccc(CC3CNCS3)cc2)nc2ccc(Oc3cccnc3)cc21. The highest BCUT2D eigenvalue weighted by Crippen LogP contribution is 2.26. The summed E-state index contributed by atoms with van der Waals surface area (Å²) in [5.41, 5.74) is 3.26. The van der Waals surface area contributed by atoms with Gasteiger partial charge in [-0.2, -0.15) is 0 Å². The van der Waals surface area contributed by atoms with Crippen molar-refractivity contribution in [3.05, 3.63) is 78.4 Å². The molecule has 1 aliphatic heterocycles. The molecule has 1 aliphatic rings. The molecule has 0 bridgehead atoms. The molecule has 0 radical (unpaired) electrons. The third-order valence-corrected chi connectivity index (χ3v) is 6.54. The molecule has 2 aromatic heterocycles. The monoisotopic (exact) mass is 432 g/mol. The van der Waals surface area contributed by atoms with Gasteiger partial charge in [0, 0.05) is 37.0 Å². The zero-order chi connectivity index (χ0) is 21.0. The quantitative estimate of drug-likeness (QED) is 0.463. The number of pyridine rings is 1. The Hall–Kier alpha value is -3.03. The molecule has 4 aromatic rings. The van der Waals surface area contributed by atoms with E-state index in [0.717, 1.165) is 47.2 Å². The minimum absolute atomic E-state index is 0.408. The first-order valence-electron chi connectivity index (χ1n) is 10.3. The third kappa shape index (κ3) is 4.68. The predicted octanol–water partition coefficient (Wildman–Crippen LogP) is 4.54. The van der Waals surface area contributed by atoms with E-state index >= 15 is 0 Å². The van der Waals surface area contributed by atoms with E-state index in [-0.39, 0.29) is 0 Å². The molecule has 0 aliphatic carbocycles. The van der Waals surface area contributed by atoms with Gasteiger partial charge in [0.15, 0.2) is 0 Å².